The summed E-state index contributed by atoms with van der Waals surface area (Å²) in [5.74, 6) is -0.782. The quantitative estimate of drug-likeness (QED) is 0.811. The zero-order valence-electron chi connectivity index (χ0n) is 12.3. The van der Waals surface area contributed by atoms with Crippen LogP contribution in [0.25, 0.3) is 11.1 Å². The Morgan fingerprint density at radius 3 is 2.24 bits per heavy atom. The van der Waals surface area contributed by atoms with Crippen LogP contribution in [0.2, 0.25) is 0 Å². The first-order valence-electron chi connectivity index (χ1n) is 7.31. The molecule has 2 rings (SSSR count). The van der Waals surface area contributed by atoms with Crippen LogP contribution in [0.1, 0.15) is 31.4 Å². The highest BCUT2D eigenvalue weighted by Crippen LogP contribution is 2.23. The van der Waals surface area contributed by atoms with Crippen molar-refractivity contribution < 1.29 is 9.90 Å². The van der Waals surface area contributed by atoms with Gasteiger partial charge in [-0.2, -0.15) is 0 Å². The molecule has 21 heavy (non-hydrogen) atoms. The van der Waals surface area contributed by atoms with Crippen LogP contribution in [-0.2, 0) is 4.79 Å². The standard InChI is InChI=1S/C18H21NO2/c1-2-12-19-17(13-18(20)21)16-10-8-15(9-11-16)14-6-4-3-5-7-14/h3-11,17,19H,2,12-13H2,1H3,(H,20,21). The van der Waals surface area contributed by atoms with Gasteiger partial charge in [-0.15, -0.1) is 0 Å². The molecule has 0 aliphatic carbocycles. The molecule has 2 aromatic carbocycles. The fraction of sp³-hybridized carbons (Fsp3) is 0.278. The van der Waals surface area contributed by atoms with Crippen LogP contribution in [0.5, 0.6) is 0 Å². The van der Waals surface area contributed by atoms with Gasteiger partial charge in [0, 0.05) is 6.04 Å². The Kier molecular flexibility index (Phi) is 5.52. The Morgan fingerprint density at radius 2 is 1.67 bits per heavy atom. The van der Waals surface area contributed by atoms with Crippen molar-refractivity contribution in [2.24, 2.45) is 0 Å². The van der Waals surface area contributed by atoms with Crippen LogP contribution < -0.4 is 5.32 Å². The summed E-state index contributed by atoms with van der Waals surface area (Å²) < 4.78 is 0. The van der Waals surface area contributed by atoms with Crippen molar-refractivity contribution in [2.45, 2.75) is 25.8 Å². The van der Waals surface area contributed by atoms with E-state index in [2.05, 4.69) is 24.4 Å². The summed E-state index contributed by atoms with van der Waals surface area (Å²) in [7, 11) is 0. The van der Waals surface area contributed by atoms with E-state index in [0.717, 1.165) is 24.1 Å². The molecular formula is C18H21NO2. The summed E-state index contributed by atoms with van der Waals surface area (Å²) in [6.07, 6.45) is 1.09. The van der Waals surface area contributed by atoms with Gasteiger partial charge in [-0.3, -0.25) is 4.79 Å². The van der Waals surface area contributed by atoms with Crippen molar-refractivity contribution in [1.29, 1.82) is 0 Å². The molecule has 0 saturated heterocycles. The Bertz CT molecular complexity index is 564. The van der Waals surface area contributed by atoms with E-state index in [1.165, 1.54) is 5.56 Å². The average Bonchev–Trinajstić information content (AvgIpc) is 2.52. The molecule has 0 bridgehead atoms. The topological polar surface area (TPSA) is 49.3 Å². The number of carbonyl (C=O) groups is 1. The molecule has 0 fully saturated rings. The molecule has 1 unspecified atom stereocenters. The minimum Gasteiger partial charge on any atom is -0.481 e. The molecule has 3 heteroatoms. The zero-order valence-corrected chi connectivity index (χ0v) is 12.3. The predicted molar refractivity (Wildman–Crippen MR) is 85.2 cm³/mol. The highest BCUT2D eigenvalue weighted by molar-refractivity contribution is 5.68. The fourth-order valence-electron chi connectivity index (χ4n) is 2.34. The molecule has 0 aliphatic heterocycles. The summed E-state index contributed by atoms with van der Waals surface area (Å²) in [6, 6.07) is 18.1. The first-order valence-corrected chi connectivity index (χ1v) is 7.31. The van der Waals surface area contributed by atoms with E-state index in [-0.39, 0.29) is 12.5 Å². The van der Waals surface area contributed by atoms with Gasteiger partial charge in [-0.1, -0.05) is 61.5 Å². The lowest BCUT2D eigenvalue weighted by atomic mass is 9.99. The SMILES string of the molecule is CCCNC(CC(=O)O)c1ccc(-c2ccccc2)cc1. The van der Waals surface area contributed by atoms with Gasteiger partial charge in [-0.25, -0.2) is 0 Å². The number of carboxylic acid groups (broad SMARTS) is 1. The second kappa shape index (κ2) is 7.60. The van der Waals surface area contributed by atoms with E-state index in [0.29, 0.717) is 0 Å². The highest BCUT2D eigenvalue weighted by Gasteiger charge is 2.14. The summed E-state index contributed by atoms with van der Waals surface area (Å²) in [5.41, 5.74) is 3.33. The molecule has 2 aromatic rings. The third-order valence-corrected chi connectivity index (χ3v) is 3.44. The molecule has 0 spiro atoms. The van der Waals surface area contributed by atoms with Crippen molar-refractivity contribution in [3.05, 3.63) is 60.2 Å². The first kappa shape index (κ1) is 15.3. The molecule has 0 radical (unpaired) electrons. The van der Waals surface area contributed by atoms with Gasteiger partial charge < -0.3 is 10.4 Å². The summed E-state index contributed by atoms with van der Waals surface area (Å²) >= 11 is 0. The van der Waals surface area contributed by atoms with Crippen LogP contribution in [-0.4, -0.2) is 17.6 Å². The average molecular weight is 283 g/mol. The van der Waals surface area contributed by atoms with Gasteiger partial charge in [-0.05, 0) is 29.7 Å². The maximum Gasteiger partial charge on any atom is 0.305 e. The maximum atomic E-state index is 11.0. The van der Waals surface area contributed by atoms with Crippen LogP contribution in [0, 0.1) is 0 Å². The Hall–Kier alpha value is -2.13. The number of hydrogen-bond acceptors (Lipinski definition) is 2. The van der Waals surface area contributed by atoms with Crippen LogP contribution in [0.3, 0.4) is 0 Å². The van der Waals surface area contributed by atoms with Crippen LogP contribution >= 0.6 is 0 Å². The largest absolute Gasteiger partial charge is 0.481 e. The molecule has 2 N–H and O–H groups in total. The van der Waals surface area contributed by atoms with E-state index in [4.69, 9.17) is 5.11 Å². The fourth-order valence-corrected chi connectivity index (χ4v) is 2.34. The van der Waals surface area contributed by atoms with Crippen molar-refractivity contribution in [2.75, 3.05) is 6.54 Å². The lowest BCUT2D eigenvalue weighted by Gasteiger charge is -2.17. The van der Waals surface area contributed by atoms with Crippen LogP contribution in [0.4, 0.5) is 0 Å². The maximum absolute atomic E-state index is 11.0. The Morgan fingerprint density at radius 1 is 1.05 bits per heavy atom. The second-order valence-electron chi connectivity index (χ2n) is 5.09. The molecule has 110 valence electrons. The third-order valence-electron chi connectivity index (χ3n) is 3.44. The van der Waals surface area contributed by atoms with Gasteiger partial charge in [0.25, 0.3) is 0 Å². The second-order valence-corrected chi connectivity index (χ2v) is 5.09. The van der Waals surface area contributed by atoms with E-state index in [1.54, 1.807) is 0 Å². The predicted octanol–water partition coefficient (Wildman–Crippen LogP) is 3.87. The van der Waals surface area contributed by atoms with E-state index in [1.807, 2.05) is 42.5 Å². The van der Waals surface area contributed by atoms with Crippen molar-refractivity contribution in [3.63, 3.8) is 0 Å². The number of hydrogen-bond donors (Lipinski definition) is 2. The zero-order chi connectivity index (χ0) is 15.1. The van der Waals surface area contributed by atoms with E-state index >= 15 is 0 Å². The molecule has 0 amide bonds. The number of nitrogens with one attached hydrogen (secondary N) is 1. The lowest BCUT2D eigenvalue weighted by Crippen LogP contribution is -2.24. The Labute approximate surface area is 125 Å². The highest BCUT2D eigenvalue weighted by atomic mass is 16.4. The number of carboxylic acids is 1. The van der Waals surface area contributed by atoms with Crippen molar-refractivity contribution in [1.82, 2.24) is 5.32 Å². The third kappa shape index (κ3) is 4.43. The van der Waals surface area contributed by atoms with E-state index in [9.17, 15) is 4.79 Å². The number of benzene rings is 2. The van der Waals surface area contributed by atoms with Gasteiger partial charge in [0.05, 0.1) is 6.42 Å². The van der Waals surface area contributed by atoms with E-state index < -0.39 is 5.97 Å². The summed E-state index contributed by atoms with van der Waals surface area (Å²) in [4.78, 5) is 11.0. The minimum atomic E-state index is -0.782. The monoisotopic (exact) mass is 283 g/mol. The van der Waals surface area contributed by atoms with Gasteiger partial charge >= 0.3 is 5.97 Å². The van der Waals surface area contributed by atoms with Crippen LogP contribution in [0.15, 0.2) is 54.6 Å². The molecular weight excluding hydrogens is 262 g/mol. The van der Waals surface area contributed by atoms with Gasteiger partial charge in [0.1, 0.15) is 0 Å². The smallest absolute Gasteiger partial charge is 0.305 e. The molecule has 0 heterocycles. The first-order chi connectivity index (χ1) is 10.2. The minimum absolute atomic E-state index is 0.102. The number of aliphatic carboxylic acids is 1. The summed E-state index contributed by atoms with van der Waals surface area (Å²) in [6.45, 7) is 2.89. The van der Waals surface area contributed by atoms with Crippen molar-refractivity contribution >= 4 is 5.97 Å². The molecule has 0 saturated carbocycles. The Balaban J connectivity index is 2.16. The summed E-state index contributed by atoms with van der Waals surface area (Å²) in [5, 5.41) is 12.3. The molecule has 0 aromatic heterocycles. The van der Waals surface area contributed by atoms with Gasteiger partial charge in [0.2, 0.25) is 0 Å². The molecule has 3 nitrogen and oxygen atoms in total. The molecule has 1 atom stereocenters. The van der Waals surface area contributed by atoms with Crippen molar-refractivity contribution in [3.8, 4) is 11.1 Å². The lowest BCUT2D eigenvalue weighted by molar-refractivity contribution is -0.137. The van der Waals surface area contributed by atoms with Gasteiger partial charge in [0.15, 0.2) is 0 Å². The normalized spacial score (nSPS) is 12.0. The molecule has 0 aliphatic rings. The number of rotatable bonds is 7.